The Bertz CT molecular complexity index is 2300. The number of nitriles is 4. The second-order valence-corrected chi connectivity index (χ2v) is 17.1. The quantitative estimate of drug-likeness (QED) is 0.0800. The van der Waals surface area contributed by atoms with Crippen LogP contribution in [-0.2, 0) is 22.4 Å². The van der Waals surface area contributed by atoms with E-state index in [-0.39, 0.29) is 44.4 Å². The van der Waals surface area contributed by atoms with E-state index in [1.165, 1.54) is 12.7 Å². The summed E-state index contributed by atoms with van der Waals surface area (Å²) in [5, 5.41) is 44.9. The van der Waals surface area contributed by atoms with Gasteiger partial charge in [0.1, 0.15) is 60.7 Å². The number of rotatable bonds is 6. The fourth-order valence-electron chi connectivity index (χ4n) is 6.35. The van der Waals surface area contributed by atoms with Gasteiger partial charge in [0.05, 0.1) is 11.4 Å². The van der Waals surface area contributed by atoms with E-state index in [0.717, 1.165) is 70.5 Å². The Hall–Kier alpha value is -6.13. The minimum atomic E-state index is -10.7. The van der Waals surface area contributed by atoms with Crippen molar-refractivity contribution in [3.63, 3.8) is 0 Å². The van der Waals surface area contributed by atoms with Crippen LogP contribution in [0.1, 0.15) is 64.5 Å². The van der Waals surface area contributed by atoms with Gasteiger partial charge in [-0.3, -0.25) is 0 Å². The van der Waals surface area contributed by atoms with E-state index in [4.69, 9.17) is 21.0 Å². The second kappa shape index (κ2) is 18.8. The zero-order valence-electron chi connectivity index (χ0n) is 32.7. The molecule has 0 atom stereocenters. The third-order valence-corrected chi connectivity index (χ3v) is 8.64. The van der Waals surface area contributed by atoms with Crippen molar-refractivity contribution < 1.29 is 47.6 Å². The normalized spacial score (nSPS) is 16.6. The van der Waals surface area contributed by atoms with Gasteiger partial charge in [-0.15, -0.1) is 0 Å². The van der Waals surface area contributed by atoms with Gasteiger partial charge in [0.15, 0.2) is 0 Å². The van der Waals surface area contributed by atoms with Crippen molar-refractivity contribution in [1.29, 1.82) is 21.0 Å². The zero-order valence-corrected chi connectivity index (χ0v) is 35.1. The molecule has 0 N–H and O–H groups in total. The van der Waals surface area contributed by atoms with E-state index < -0.39 is 7.81 Å². The van der Waals surface area contributed by atoms with E-state index in [1.54, 1.807) is 22.0 Å². The molecule has 0 fully saturated rings. The summed E-state index contributed by atoms with van der Waals surface area (Å²) in [5.74, 6) is 0. The van der Waals surface area contributed by atoms with Gasteiger partial charge in [0.25, 0.3) is 0 Å². The Morgan fingerprint density at radius 1 is 0.567 bits per heavy atom. The minimum absolute atomic E-state index is 0. The summed E-state index contributed by atoms with van der Waals surface area (Å²) in [4.78, 5) is 7.90. The molecule has 314 valence electrons. The van der Waals surface area contributed by atoms with Crippen molar-refractivity contribution in [1.82, 2.24) is 29.5 Å². The van der Waals surface area contributed by atoms with E-state index >= 15 is 0 Å². The van der Waals surface area contributed by atoms with Gasteiger partial charge in [0.2, 0.25) is 0 Å². The van der Waals surface area contributed by atoms with Crippen molar-refractivity contribution in [2.75, 3.05) is 0 Å². The molecule has 0 unspecified atom stereocenters. The molecule has 2 heterocycles. The van der Waals surface area contributed by atoms with Gasteiger partial charge >= 0.3 is 55.4 Å². The fourth-order valence-corrected chi connectivity index (χ4v) is 6.35. The van der Waals surface area contributed by atoms with Gasteiger partial charge in [-0.2, -0.15) is 31.2 Å². The first-order valence-electron chi connectivity index (χ1n) is 17.8. The molecule has 0 radical (unpaired) electrons. The van der Waals surface area contributed by atoms with Crippen molar-refractivity contribution in [3.8, 4) is 35.7 Å². The maximum atomic E-state index is 9.87. The Kier molecular flexibility index (Phi) is 15.2. The third-order valence-electron chi connectivity index (χ3n) is 8.64. The van der Waals surface area contributed by atoms with Crippen LogP contribution in [0.15, 0.2) is 132 Å². The van der Waals surface area contributed by atoms with Crippen LogP contribution in [0.2, 0.25) is 0 Å². The van der Waals surface area contributed by atoms with Crippen molar-refractivity contribution in [3.05, 3.63) is 143 Å². The van der Waals surface area contributed by atoms with E-state index in [2.05, 4.69) is 60.0 Å². The molecule has 2 aliphatic rings. The van der Waals surface area contributed by atoms with Gasteiger partial charge in [-0.25, -0.2) is 19.3 Å². The standard InChI is InChI=1S/2C21H19N5.Ag.F6P/c2*1-21(2)10-17(9-18(11-21)19(12-22)13-23)4-3-16-5-7-20(8-6-16)26-15-24-14-25-26;;1-7(2,3,4,5)6/h2*3-9,14-15H,10-11H2,1-2H3;;/q;;+1;-1/b2*4-3+;;. The number of nitrogens with zero attached hydrogens (tertiary/aromatic N) is 10. The molecule has 10 nitrogen and oxygen atoms in total. The molecule has 6 rings (SSSR count). The molecule has 0 bridgehead atoms. The Balaban J connectivity index is 0.000000273. The van der Waals surface area contributed by atoms with E-state index in [0.29, 0.717) is 0 Å². The molecule has 4 aromatic rings. The number of hydrogen-bond donors (Lipinski definition) is 0. The van der Waals surface area contributed by atoms with Gasteiger partial charge in [-0.1, -0.05) is 88.4 Å². The maximum absolute atomic E-state index is 10.7. The van der Waals surface area contributed by atoms with Crippen LogP contribution in [-0.4, -0.2) is 29.5 Å². The fraction of sp³-hybridized carbons (Fsp3) is 0.238. The van der Waals surface area contributed by atoms with Crippen molar-refractivity contribution >= 4 is 20.0 Å². The predicted octanol–water partition coefficient (Wildman–Crippen LogP) is 12.1. The summed E-state index contributed by atoms with van der Waals surface area (Å²) in [6.45, 7) is 8.64. The molecule has 0 saturated carbocycles. The van der Waals surface area contributed by atoms with Crippen LogP contribution in [0.5, 0.6) is 0 Å². The van der Waals surface area contributed by atoms with Crippen molar-refractivity contribution in [2.45, 2.75) is 53.4 Å². The summed E-state index contributed by atoms with van der Waals surface area (Å²) >= 11 is 0. The number of aromatic nitrogens is 6. The van der Waals surface area contributed by atoms with Crippen LogP contribution >= 0.6 is 7.81 Å². The molecule has 0 spiro atoms. The SMILES string of the molecule is CC1(C)CC(/C=C/c2ccc(-n3cncn3)cc2)=CC(=C(C#N)C#N)C1.CC1(C)CC(/C=C/c2ccc(-n3cncn3)cc2)=CC(=C(C#N)C#N)C1.F[P-](F)(F)(F)(F)F.[Ag+]. The molecule has 2 aliphatic carbocycles. The largest absolute Gasteiger partial charge is 1.00 e. The minimum Gasteiger partial charge on any atom is 1.00 e. The molecular weight excluding hydrogens is 897 g/mol. The van der Waals surface area contributed by atoms with Crippen LogP contribution in [0.4, 0.5) is 25.2 Å². The second-order valence-electron chi connectivity index (χ2n) is 15.2. The molecule has 2 aromatic carbocycles. The van der Waals surface area contributed by atoms with E-state index in [1.807, 2.05) is 97.1 Å². The first kappa shape index (κ1) is 48.2. The molecule has 0 aliphatic heterocycles. The summed E-state index contributed by atoms with van der Waals surface area (Å²) in [6, 6.07) is 24.1. The van der Waals surface area contributed by atoms with Crippen molar-refractivity contribution in [2.24, 2.45) is 10.8 Å². The predicted molar refractivity (Wildman–Crippen MR) is 213 cm³/mol. The zero-order chi connectivity index (χ0) is 43.5. The van der Waals surface area contributed by atoms with Crippen LogP contribution < -0.4 is 0 Å². The number of allylic oxidation sites excluding steroid dienone is 10. The molecular formula is C42H38AgF6N10P. The Labute approximate surface area is 359 Å². The smallest absolute Gasteiger partial charge is 1.00 e. The third kappa shape index (κ3) is 16.6. The number of halogens is 6. The first-order valence-corrected chi connectivity index (χ1v) is 19.8. The number of hydrogen-bond acceptors (Lipinski definition) is 8. The average molecular weight is 936 g/mol. The summed E-state index contributed by atoms with van der Waals surface area (Å²) in [6.07, 6.45) is 21.8. The van der Waals surface area contributed by atoms with E-state index in [9.17, 15) is 25.2 Å². The van der Waals surface area contributed by atoms with Gasteiger partial charge < -0.3 is 0 Å². The van der Waals surface area contributed by atoms with Gasteiger partial charge in [0, 0.05) is 0 Å². The van der Waals surface area contributed by atoms with Crippen LogP contribution in [0, 0.1) is 56.2 Å². The maximum Gasteiger partial charge on any atom is 1.00 e. The van der Waals surface area contributed by atoms with Crippen LogP contribution in [0.3, 0.4) is 0 Å². The molecule has 18 heteroatoms. The molecule has 60 heavy (non-hydrogen) atoms. The topological polar surface area (TPSA) is 157 Å². The Morgan fingerprint density at radius 2 is 0.883 bits per heavy atom. The molecule has 2 aromatic heterocycles. The Morgan fingerprint density at radius 3 is 1.15 bits per heavy atom. The van der Waals surface area contributed by atoms with Gasteiger partial charge in [-0.05, 0) is 94.2 Å². The molecule has 0 saturated heterocycles. The summed E-state index contributed by atoms with van der Waals surface area (Å²) < 4.78 is 62.6. The van der Waals surface area contributed by atoms with Crippen LogP contribution in [0.25, 0.3) is 23.5 Å². The molecule has 0 amide bonds. The average Bonchev–Trinajstić information content (AvgIpc) is 3.89. The summed E-state index contributed by atoms with van der Waals surface area (Å²) in [5.41, 5.74) is 8.43. The summed E-state index contributed by atoms with van der Waals surface area (Å²) in [7, 11) is -10.7. The first-order chi connectivity index (χ1) is 27.5. The monoisotopic (exact) mass is 934 g/mol. The number of benzene rings is 2.